The van der Waals surface area contributed by atoms with Gasteiger partial charge in [-0.1, -0.05) is 6.07 Å². The van der Waals surface area contributed by atoms with E-state index in [-0.39, 0.29) is 17.0 Å². The summed E-state index contributed by atoms with van der Waals surface area (Å²) in [6.45, 7) is 1.42. The lowest BCUT2D eigenvalue weighted by molar-refractivity contribution is 0.171. The first-order valence-electron chi connectivity index (χ1n) is 7.65. The first-order valence-corrected chi connectivity index (χ1v) is 9.09. The molecule has 0 saturated heterocycles. The van der Waals surface area contributed by atoms with Crippen molar-refractivity contribution in [2.24, 2.45) is 0 Å². The van der Waals surface area contributed by atoms with Crippen LogP contribution in [0.25, 0.3) is 0 Å². The Labute approximate surface area is 138 Å². The van der Waals surface area contributed by atoms with Crippen molar-refractivity contribution < 1.29 is 17.9 Å². The quantitative estimate of drug-likeness (QED) is 0.871. The molecule has 0 amide bonds. The van der Waals surface area contributed by atoms with Gasteiger partial charge in [-0.2, -0.15) is 4.31 Å². The number of pyridine rings is 1. The van der Waals surface area contributed by atoms with Gasteiger partial charge in [0, 0.05) is 37.3 Å². The number of H-pyrrole nitrogens is 1. The molecule has 8 heteroatoms. The summed E-state index contributed by atoms with van der Waals surface area (Å²) in [5.41, 5.74) is 1.45. The van der Waals surface area contributed by atoms with E-state index in [9.17, 15) is 13.2 Å². The van der Waals surface area contributed by atoms with Gasteiger partial charge in [-0.3, -0.25) is 4.79 Å². The zero-order valence-electron chi connectivity index (χ0n) is 12.8. The van der Waals surface area contributed by atoms with Crippen LogP contribution in [0.5, 0.6) is 11.5 Å². The topological polar surface area (TPSA) is 88.7 Å². The number of aromatic amines is 1. The molecule has 2 aromatic rings. The number of benzene rings is 1. The Hall–Kier alpha value is -2.32. The molecule has 0 atom stereocenters. The summed E-state index contributed by atoms with van der Waals surface area (Å²) in [7, 11) is -3.64. The second kappa shape index (κ2) is 5.64. The van der Waals surface area contributed by atoms with Gasteiger partial charge in [0.2, 0.25) is 15.6 Å². The Morgan fingerprint density at radius 2 is 1.83 bits per heavy atom. The lowest BCUT2D eigenvalue weighted by Gasteiger charge is -2.28. The van der Waals surface area contributed by atoms with E-state index in [0.29, 0.717) is 37.7 Å². The number of rotatable bonds is 2. The maximum Gasteiger partial charge on any atom is 0.248 e. The van der Waals surface area contributed by atoms with Gasteiger partial charge in [-0.05, 0) is 17.7 Å². The SMILES string of the molecule is O=c1ccc2c([nH]1)CCN(S(=O)(=O)c1ccc3c(c1)OCCO3)C2. The summed E-state index contributed by atoms with van der Waals surface area (Å²) in [4.78, 5) is 14.3. The Kier molecular flexibility index (Phi) is 3.58. The van der Waals surface area contributed by atoms with E-state index in [4.69, 9.17) is 9.47 Å². The molecule has 0 unspecified atom stereocenters. The van der Waals surface area contributed by atoms with Gasteiger partial charge >= 0.3 is 0 Å². The molecule has 1 aromatic heterocycles. The fourth-order valence-electron chi connectivity index (χ4n) is 2.96. The first kappa shape index (κ1) is 15.2. The maximum absolute atomic E-state index is 12.9. The van der Waals surface area contributed by atoms with Crippen LogP contribution in [-0.2, 0) is 23.0 Å². The summed E-state index contributed by atoms with van der Waals surface area (Å²) >= 11 is 0. The number of ether oxygens (including phenoxy) is 2. The molecule has 2 aliphatic rings. The van der Waals surface area contributed by atoms with E-state index in [1.54, 1.807) is 12.1 Å². The molecule has 4 rings (SSSR count). The molecular formula is C16H16N2O5S. The molecule has 0 aliphatic carbocycles. The second-order valence-corrected chi connectivity index (χ2v) is 7.66. The van der Waals surface area contributed by atoms with Crippen LogP contribution < -0.4 is 15.0 Å². The van der Waals surface area contributed by atoms with Crippen molar-refractivity contribution in [2.75, 3.05) is 19.8 Å². The molecule has 0 spiro atoms. The normalized spacial score (nSPS) is 17.3. The zero-order valence-corrected chi connectivity index (χ0v) is 13.6. The molecule has 3 heterocycles. The molecule has 7 nitrogen and oxygen atoms in total. The monoisotopic (exact) mass is 348 g/mol. The van der Waals surface area contributed by atoms with E-state index in [1.807, 2.05) is 0 Å². The molecule has 0 bridgehead atoms. The van der Waals surface area contributed by atoms with E-state index >= 15 is 0 Å². The Morgan fingerprint density at radius 3 is 2.67 bits per heavy atom. The van der Waals surface area contributed by atoms with Gasteiger partial charge in [0.1, 0.15) is 13.2 Å². The average molecular weight is 348 g/mol. The Balaban J connectivity index is 1.66. The van der Waals surface area contributed by atoms with Crippen LogP contribution in [0.4, 0.5) is 0 Å². The van der Waals surface area contributed by atoms with Crippen LogP contribution in [0, 0.1) is 0 Å². The van der Waals surface area contributed by atoms with Gasteiger partial charge < -0.3 is 14.5 Å². The van der Waals surface area contributed by atoms with Crippen LogP contribution in [0.1, 0.15) is 11.3 Å². The zero-order chi connectivity index (χ0) is 16.7. The van der Waals surface area contributed by atoms with Crippen molar-refractivity contribution in [3.63, 3.8) is 0 Å². The number of fused-ring (bicyclic) bond motifs is 2. The third-order valence-corrected chi connectivity index (χ3v) is 6.05. The number of nitrogens with zero attached hydrogens (tertiary/aromatic N) is 1. The molecule has 1 aromatic carbocycles. The van der Waals surface area contributed by atoms with Crippen LogP contribution >= 0.6 is 0 Å². The van der Waals surface area contributed by atoms with E-state index in [2.05, 4.69) is 4.98 Å². The van der Waals surface area contributed by atoms with E-state index in [1.165, 1.54) is 22.5 Å². The summed E-state index contributed by atoms with van der Waals surface area (Å²) in [6.07, 6.45) is 0.481. The standard InChI is InChI=1S/C16H16N2O5S/c19-16-4-1-11-10-18(6-5-13(11)17-16)24(20,21)12-2-3-14-15(9-12)23-8-7-22-14/h1-4,9H,5-8,10H2,(H,17,19). The summed E-state index contributed by atoms with van der Waals surface area (Å²) in [6, 6.07) is 7.76. The van der Waals surface area contributed by atoms with Crippen molar-refractivity contribution in [3.8, 4) is 11.5 Å². The third-order valence-electron chi connectivity index (χ3n) is 4.21. The van der Waals surface area contributed by atoms with Gasteiger partial charge in [0.25, 0.3) is 0 Å². The summed E-state index contributed by atoms with van der Waals surface area (Å²) in [5, 5.41) is 0. The summed E-state index contributed by atoms with van der Waals surface area (Å²) < 4.78 is 38.1. The largest absolute Gasteiger partial charge is 0.486 e. The second-order valence-electron chi connectivity index (χ2n) is 5.72. The third kappa shape index (κ3) is 2.57. The number of sulfonamides is 1. The lowest BCUT2D eigenvalue weighted by atomic mass is 10.1. The van der Waals surface area contributed by atoms with Crippen molar-refractivity contribution in [1.29, 1.82) is 0 Å². The smallest absolute Gasteiger partial charge is 0.248 e. The van der Waals surface area contributed by atoms with Crippen molar-refractivity contribution >= 4 is 10.0 Å². The van der Waals surface area contributed by atoms with Crippen molar-refractivity contribution in [2.45, 2.75) is 17.9 Å². The molecule has 24 heavy (non-hydrogen) atoms. The lowest BCUT2D eigenvalue weighted by Crippen LogP contribution is -2.37. The first-order chi connectivity index (χ1) is 11.5. The highest BCUT2D eigenvalue weighted by Gasteiger charge is 2.29. The van der Waals surface area contributed by atoms with Crippen LogP contribution in [0.15, 0.2) is 40.0 Å². The maximum atomic E-state index is 12.9. The molecular weight excluding hydrogens is 332 g/mol. The Bertz CT molecular complexity index is 951. The minimum atomic E-state index is -3.64. The van der Waals surface area contributed by atoms with Gasteiger partial charge in [-0.25, -0.2) is 8.42 Å². The molecule has 126 valence electrons. The van der Waals surface area contributed by atoms with Crippen molar-refractivity contribution in [3.05, 3.63) is 51.9 Å². The van der Waals surface area contributed by atoms with E-state index < -0.39 is 10.0 Å². The van der Waals surface area contributed by atoms with Crippen molar-refractivity contribution in [1.82, 2.24) is 9.29 Å². The predicted octanol–water partition coefficient (Wildman–Crippen LogP) is 0.893. The fraction of sp³-hybridized carbons (Fsp3) is 0.312. The average Bonchev–Trinajstić information content (AvgIpc) is 2.60. The molecule has 2 aliphatic heterocycles. The predicted molar refractivity (Wildman–Crippen MR) is 85.8 cm³/mol. The van der Waals surface area contributed by atoms with E-state index in [0.717, 1.165) is 11.3 Å². The number of nitrogens with one attached hydrogen (secondary N) is 1. The van der Waals surface area contributed by atoms with Crippen LogP contribution in [0.3, 0.4) is 0 Å². The highest BCUT2D eigenvalue weighted by molar-refractivity contribution is 7.89. The highest BCUT2D eigenvalue weighted by Crippen LogP contribution is 2.34. The van der Waals surface area contributed by atoms with Gasteiger partial charge in [0.15, 0.2) is 11.5 Å². The number of aromatic nitrogens is 1. The minimum absolute atomic E-state index is 0.170. The minimum Gasteiger partial charge on any atom is -0.486 e. The number of hydrogen-bond donors (Lipinski definition) is 1. The number of hydrogen-bond acceptors (Lipinski definition) is 5. The molecule has 0 saturated carbocycles. The molecule has 0 fully saturated rings. The molecule has 0 radical (unpaired) electrons. The van der Waals surface area contributed by atoms with Crippen LogP contribution in [-0.4, -0.2) is 37.5 Å². The Morgan fingerprint density at radius 1 is 1.04 bits per heavy atom. The van der Waals surface area contributed by atoms with Gasteiger partial charge in [-0.15, -0.1) is 0 Å². The van der Waals surface area contributed by atoms with Crippen LogP contribution in [0.2, 0.25) is 0 Å². The highest BCUT2D eigenvalue weighted by atomic mass is 32.2. The van der Waals surface area contributed by atoms with Gasteiger partial charge in [0.05, 0.1) is 4.90 Å². The molecule has 1 N–H and O–H groups in total. The summed E-state index contributed by atoms with van der Waals surface area (Å²) in [5.74, 6) is 1.01. The fourth-order valence-corrected chi connectivity index (χ4v) is 4.40.